The number of hydrogen-bond acceptors (Lipinski definition) is 6. The van der Waals surface area contributed by atoms with Gasteiger partial charge in [0, 0.05) is 38.9 Å². The van der Waals surface area contributed by atoms with Gasteiger partial charge in [-0.3, -0.25) is 14.4 Å². The van der Waals surface area contributed by atoms with Gasteiger partial charge in [-0.1, -0.05) is 5.21 Å². The van der Waals surface area contributed by atoms with E-state index in [1.54, 1.807) is 10.9 Å². The third-order valence-corrected chi connectivity index (χ3v) is 5.50. The number of amides is 1. The summed E-state index contributed by atoms with van der Waals surface area (Å²) in [6.07, 6.45) is 4.90. The predicted octanol–water partition coefficient (Wildman–Crippen LogP) is -0.0908. The minimum absolute atomic E-state index is 0.110. The number of nitrogens with zero attached hydrogens (tertiary/aromatic N) is 4. The average molecular weight is 335 g/mol. The summed E-state index contributed by atoms with van der Waals surface area (Å²) in [5.41, 5.74) is 0.686. The Morgan fingerprint density at radius 2 is 1.96 bits per heavy atom. The van der Waals surface area contributed by atoms with Crippen LogP contribution >= 0.6 is 0 Å². The first-order valence-corrected chi connectivity index (χ1v) is 8.84. The number of nitrogens with one attached hydrogen (secondary N) is 1. The van der Waals surface area contributed by atoms with Crippen molar-refractivity contribution in [2.75, 3.05) is 46.1 Å². The maximum Gasteiger partial charge on any atom is 0.273 e. The molecule has 3 aliphatic rings. The third-order valence-electron chi connectivity index (χ3n) is 5.50. The highest BCUT2D eigenvalue weighted by atomic mass is 16.5. The molecule has 1 N–H and O–H groups in total. The largest absolute Gasteiger partial charge is 0.381 e. The second-order valence-electron chi connectivity index (χ2n) is 7.03. The second-order valence-corrected chi connectivity index (χ2v) is 7.03. The van der Waals surface area contributed by atoms with Gasteiger partial charge in [0.15, 0.2) is 5.69 Å². The summed E-state index contributed by atoms with van der Waals surface area (Å²) < 4.78 is 12.5. The minimum Gasteiger partial charge on any atom is -0.381 e. The SMILES string of the molecule is O=C(NC1CC12CCOCC2)c1cn(CCN2CCOCC2)nn1. The van der Waals surface area contributed by atoms with E-state index in [2.05, 4.69) is 20.5 Å². The molecule has 8 nitrogen and oxygen atoms in total. The van der Waals surface area contributed by atoms with Crippen LogP contribution in [0.3, 0.4) is 0 Å². The summed E-state index contributed by atoms with van der Waals surface area (Å²) in [6.45, 7) is 6.75. The molecule has 1 aromatic heterocycles. The second kappa shape index (κ2) is 6.78. The fraction of sp³-hybridized carbons (Fsp3) is 0.812. The molecule has 4 rings (SSSR count). The molecule has 2 saturated heterocycles. The molecule has 3 fully saturated rings. The molecule has 1 unspecified atom stereocenters. The van der Waals surface area contributed by atoms with Gasteiger partial charge < -0.3 is 14.8 Å². The normalized spacial score (nSPS) is 26.4. The van der Waals surface area contributed by atoms with Gasteiger partial charge >= 0.3 is 0 Å². The molecule has 132 valence electrons. The van der Waals surface area contributed by atoms with Crippen LogP contribution in [-0.4, -0.2) is 77.9 Å². The quantitative estimate of drug-likeness (QED) is 0.810. The summed E-state index contributed by atoms with van der Waals surface area (Å²) >= 11 is 0. The smallest absolute Gasteiger partial charge is 0.273 e. The van der Waals surface area contributed by atoms with Crippen molar-refractivity contribution >= 4 is 5.91 Å². The van der Waals surface area contributed by atoms with E-state index in [1.165, 1.54) is 0 Å². The number of hydrogen-bond donors (Lipinski definition) is 1. The highest BCUT2D eigenvalue weighted by Crippen LogP contribution is 2.53. The molecule has 3 heterocycles. The molecule has 8 heteroatoms. The van der Waals surface area contributed by atoms with Crippen molar-refractivity contribution < 1.29 is 14.3 Å². The lowest BCUT2D eigenvalue weighted by molar-refractivity contribution is 0.0359. The van der Waals surface area contributed by atoms with Gasteiger partial charge in [-0.25, -0.2) is 0 Å². The maximum absolute atomic E-state index is 12.4. The van der Waals surface area contributed by atoms with Crippen LogP contribution in [0.15, 0.2) is 6.20 Å². The fourth-order valence-electron chi connectivity index (χ4n) is 3.69. The molecule has 0 radical (unpaired) electrons. The van der Waals surface area contributed by atoms with Gasteiger partial charge in [0.05, 0.1) is 26.0 Å². The van der Waals surface area contributed by atoms with Crippen molar-refractivity contribution in [3.63, 3.8) is 0 Å². The van der Waals surface area contributed by atoms with Gasteiger partial charge in [-0.15, -0.1) is 5.10 Å². The van der Waals surface area contributed by atoms with Crippen molar-refractivity contribution in [1.82, 2.24) is 25.2 Å². The van der Waals surface area contributed by atoms with E-state index in [0.717, 1.165) is 71.9 Å². The molecule has 0 bridgehead atoms. The number of aromatic nitrogens is 3. The van der Waals surface area contributed by atoms with E-state index in [4.69, 9.17) is 9.47 Å². The topological polar surface area (TPSA) is 81.5 Å². The Balaban J connectivity index is 1.26. The van der Waals surface area contributed by atoms with Crippen molar-refractivity contribution in [2.24, 2.45) is 5.41 Å². The molecule has 2 aliphatic heterocycles. The Bertz CT molecular complexity index is 578. The Kier molecular flexibility index (Phi) is 4.51. The monoisotopic (exact) mass is 335 g/mol. The lowest BCUT2D eigenvalue weighted by atomic mass is 9.96. The third kappa shape index (κ3) is 3.45. The van der Waals surface area contributed by atoms with Crippen LogP contribution in [0.25, 0.3) is 0 Å². The van der Waals surface area contributed by atoms with Gasteiger partial charge in [0.2, 0.25) is 0 Å². The van der Waals surface area contributed by atoms with Crippen molar-refractivity contribution in [1.29, 1.82) is 0 Å². The first-order chi connectivity index (χ1) is 11.8. The van der Waals surface area contributed by atoms with Crippen molar-refractivity contribution in [2.45, 2.75) is 31.8 Å². The van der Waals surface area contributed by atoms with E-state index < -0.39 is 0 Å². The molecular formula is C16H25N5O3. The number of ether oxygens (including phenoxy) is 2. The maximum atomic E-state index is 12.4. The highest BCUT2D eigenvalue weighted by molar-refractivity contribution is 5.92. The van der Waals surface area contributed by atoms with Gasteiger partial charge in [0.1, 0.15) is 0 Å². The zero-order chi connectivity index (χ0) is 16.4. The Labute approximate surface area is 141 Å². The van der Waals surface area contributed by atoms with E-state index in [0.29, 0.717) is 5.69 Å². The summed E-state index contributed by atoms with van der Waals surface area (Å²) in [5, 5.41) is 11.2. The molecule has 1 aliphatic carbocycles. The molecule has 1 aromatic rings. The van der Waals surface area contributed by atoms with Crippen LogP contribution in [0.1, 0.15) is 29.8 Å². The van der Waals surface area contributed by atoms with Crippen molar-refractivity contribution in [3.05, 3.63) is 11.9 Å². The molecule has 1 spiro atoms. The zero-order valence-electron chi connectivity index (χ0n) is 13.9. The molecule has 1 saturated carbocycles. The summed E-state index contributed by atoms with van der Waals surface area (Å²) in [5.74, 6) is -0.110. The molecule has 1 atom stereocenters. The van der Waals surface area contributed by atoms with Gasteiger partial charge in [-0.05, 0) is 24.7 Å². The minimum atomic E-state index is -0.110. The van der Waals surface area contributed by atoms with Crippen LogP contribution in [0.4, 0.5) is 0 Å². The fourth-order valence-corrected chi connectivity index (χ4v) is 3.69. The van der Waals surface area contributed by atoms with Gasteiger partial charge in [0.25, 0.3) is 5.91 Å². The van der Waals surface area contributed by atoms with Crippen molar-refractivity contribution in [3.8, 4) is 0 Å². The molecular weight excluding hydrogens is 310 g/mol. The first-order valence-electron chi connectivity index (χ1n) is 8.84. The van der Waals surface area contributed by atoms with Crippen LogP contribution < -0.4 is 5.32 Å². The average Bonchev–Trinajstić information content (AvgIpc) is 3.06. The molecule has 24 heavy (non-hydrogen) atoms. The van der Waals surface area contributed by atoms with E-state index >= 15 is 0 Å². The standard InChI is InChI=1S/C16H25N5O3/c22-15(17-14-11-16(14)1-7-23-8-2-16)13-12-21(19-18-13)4-3-20-5-9-24-10-6-20/h12,14H,1-11H2,(H,17,22). The summed E-state index contributed by atoms with van der Waals surface area (Å²) in [6, 6.07) is 0.271. The number of rotatable bonds is 5. The Morgan fingerprint density at radius 1 is 1.21 bits per heavy atom. The van der Waals surface area contributed by atoms with E-state index in [-0.39, 0.29) is 17.4 Å². The van der Waals surface area contributed by atoms with Crippen LogP contribution in [0.2, 0.25) is 0 Å². The van der Waals surface area contributed by atoms with Crippen LogP contribution in [0, 0.1) is 5.41 Å². The van der Waals surface area contributed by atoms with E-state index in [9.17, 15) is 4.79 Å². The number of carbonyl (C=O) groups is 1. The summed E-state index contributed by atoms with van der Waals surface area (Å²) in [7, 11) is 0. The molecule has 1 amide bonds. The molecule has 0 aromatic carbocycles. The summed E-state index contributed by atoms with van der Waals surface area (Å²) in [4.78, 5) is 14.7. The van der Waals surface area contributed by atoms with Crippen LogP contribution in [0.5, 0.6) is 0 Å². The van der Waals surface area contributed by atoms with Gasteiger partial charge in [-0.2, -0.15) is 0 Å². The number of carbonyl (C=O) groups excluding carboxylic acids is 1. The highest BCUT2D eigenvalue weighted by Gasteiger charge is 2.55. The zero-order valence-corrected chi connectivity index (χ0v) is 13.9. The van der Waals surface area contributed by atoms with Crippen LogP contribution in [-0.2, 0) is 16.0 Å². The predicted molar refractivity (Wildman–Crippen MR) is 85.6 cm³/mol. The lowest BCUT2D eigenvalue weighted by Gasteiger charge is -2.26. The Hall–Kier alpha value is -1.51. The number of morpholine rings is 1. The Morgan fingerprint density at radius 3 is 2.75 bits per heavy atom. The lowest BCUT2D eigenvalue weighted by Crippen LogP contribution is -2.38. The first kappa shape index (κ1) is 16.0. The van der Waals surface area contributed by atoms with E-state index in [1.807, 2.05) is 0 Å².